The van der Waals surface area contributed by atoms with Crippen LogP contribution < -0.4 is 10.2 Å². The molecule has 0 saturated carbocycles. The second kappa shape index (κ2) is 7.84. The van der Waals surface area contributed by atoms with Crippen molar-refractivity contribution in [3.8, 4) is 0 Å². The van der Waals surface area contributed by atoms with Gasteiger partial charge in [-0.05, 0) is 42.5 Å². The van der Waals surface area contributed by atoms with E-state index in [0.717, 1.165) is 37.3 Å². The van der Waals surface area contributed by atoms with Crippen molar-refractivity contribution in [1.29, 1.82) is 0 Å². The lowest BCUT2D eigenvalue weighted by atomic mass is 10.00. The van der Waals surface area contributed by atoms with Gasteiger partial charge >= 0.3 is 0 Å². The van der Waals surface area contributed by atoms with Crippen LogP contribution in [-0.2, 0) is 16.1 Å². The fraction of sp³-hybridized carbons (Fsp3) is 0.471. The number of hydrogen-bond donors (Lipinski definition) is 1. The van der Waals surface area contributed by atoms with Gasteiger partial charge in [0.2, 0.25) is 5.91 Å². The molecule has 21 heavy (non-hydrogen) atoms. The van der Waals surface area contributed by atoms with Crippen molar-refractivity contribution in [3.63, 3.8) is 0 Å². The molecule has 1 fully saturated rings. The Morgan fingerprint density at radius 3 is 2.57 bits per heavy atom. The third-order valence-corrected chi connectivity index (χ3v) is 3.71. The van der Waals surface area contributed by atoms with Gasteiger partial charge in [0.05, 0.1) is 0 Å². The fourth-order valence-corrected chi connectivity index (χ4v) is 2.29. The summed E-state index contributed by atoms with van der Waals surface area (Å²) < 4.78 is 5.30. The number of carbonyl (C=O) groups excluding carboxylic acids is 1. The van der Waals surface area contributed by atoms with Gasteiger partial charge in [0.15, 0.2) is 0 Å². The topological polar surface area (TPSA) is 41.6 Å². The summed E-state index contributed by atoms with van der Waals surface area (Å²) in [4.78, 5) is 13.9. The molecule has 1 heterocycles. The summed E-state index contributed by atoms with van der Waals surface area (Å²) in [7, 11) is 4.02. The molecule has 4 heteroatoms. The number of carbonyl (C=O) groups is 1. The van der Waals surface area contributed by atoms with Crippen molar-refractivity contribution < 1.29 is 9.53 Å². The Bertz CT molecular complexity index is 474. The summed E-state index contributed by atoms with van der Waals surface area (Å²) in [5, 5.41) is 2.92. The second-order valence-electron chi connectivity index (χ2n) is 5.59. The molecule has 0 unspecified atom stereocenters. The maximum Gasteiger partial charge on any atom is 0.243 e. The van der Waals surface area contributed by atoms with Crippen LogP contribution >= 0.6 is 0 Å². The standard InChI is InChI=1S/C17H24N2O2/c1-19(2)16-6-3-15(4-7-16)13-18-17(20)8-5-14-9-11-21-12-10-14/h3-8,14H,9-13H2,1-2H3,(H,18,20). The number of benzene rings is 1. The molecular formula is C17H24N2O2. The number of anilines is 1. The Morgan fingerprint density at radius 2 is 1.95 bits per heavy atom. The van der Waals surface area contributed by atoms with Gasteiger partial charge in [-0.3, -0.25) is 4.79 Å². The van der Waals surface area contributed by atoms with E-state index in [1.165, 1.54) is 0 Å². The molecule has 2 rings (SSSR count). The first-order valence-electron chi connectivity index (χ1n) is 7.45. The van der Waals surface area contributed by atoms with Crippen molar-refractivity contribution >= 4 is 11.6 Å². The molecule has 1 aromatic carbocycles. The molecule has 0 radical (unpaired) electrons. The normalized spacial score (nSPS) is 16.1. The summed E-state index contributed by atoms with van der Waals surface area (Å²) in [6.45, 7) is 2.16. The molecule has 114 valence electrons. The molecule has 0 aromatic heterocycles. The van der Waals surface area contributed by atoms with Gasteiger partial charge in [-0.2, -0.15) is 0 Å². The first kappa shape index (κ1) is 15.6. The predicted molar refractivity (Wildman–Crippen MR) is 85.3 cm³/mol. The minimum absolute atomic E-state index is 0.0295. The fourth-order valence-electron chi connectivity index (χ4n) is 2.29. The molecule has 1 N–H and O–H groups in total. The minimum Gasteiger partial charge on any atom is -0.381 e. The highest BCUT2D eigenvalue weighted by Gasteiger charge is 2.10. The Morgan fingerprint density at radius 1 is 1.29 bits per heavy atom. The maximum atomic E-state index is 11.8. The molecule has 1 aliphatic heterocycles. The van der Waals surface area contributed by atoms with Crippen molar-refractivity contribution in [2.45, 2.75) is 19.4 Å². The highest BCUT2D eigenvalue weighted by atomic mass is 16.5. The number of nitrogens with zero attached hydrogens (tertiary/aromatic N) is 1. The summed E-state index contributed by atoms with van der Waals surface area (Å²) >= 11 is 0. The van der Waals surface area contributed by atoms with Crippen LogP contribution in [0.5, 0.6) is 0 Å². The highest BCUT2D eigenvalue weighted by molar-refractivity contribution is 5.87. The average molecular weight is 288 g/mol. The van der Waals surface area contributed by atoms with E-state index in [-0.39, 0.29) is 5.91 Å². The van der Waals surface area contributed by atoms with Gasteiger partial charge in [0, 0.05) is 39.5 Å². The molecule has 1 aliphatic rings. The first-order valence-corrected chi connectivity index (χ1v) is 7.45. The largest absolute Gasteiger partial charge is 0.381 e. The zero-order valence-electron chi connectivity index (χ0n) is 12.8. The lowest BCUT2D eigenvalue weighted by Crippen LogP contribution is -2.21. The summed E-state index contributed by atoms with van der Waals surface area (Å²) in [5.41, 5.74) is 2.26. The van der Waals surface area contributed by atoms with Crippen LogP contribution in [0.15, 0.2) is 36.4 Å². The number of hydrogen-bond acceptors (Lipinski definition) is 3. The molecule has 0 spiro atoms. The second-order valence-corrected chi connectivity index (χ2v) is 5.59. The lowest BCUT2D eigenvalue weighted by molar-refractivity contribution is -0.116. The van der Waals surface area contributed by atoms with Gasteiger partial charge in [-0.1, -0.05) is 18.2 Å². The minimum atomic E-state index is -0.0295. The average Bonchev–Trinajstić information content (AvgIpc) is 2.52. The van der Waals surface area contributed by atoms with Crippen LogP contribution in [0.25, 0.3) is 0 Å². The Labute approximate surface area is 126 Å². The van der Waals surface area contributed by atoms with Crippen LogP contribution in [0.4, 0.5) is 5.69 Å². The zero-order valence-corrected chi connectivity index (χ0v) is 12.8. The van der Waals surface area contributed by atoms with E-state index >= 15 is 0 Å². The van der Waals surface area contributed by atoms with E-state index in [2.05, 4.69) is 22.3 Å². The predicted octanol–water partition coefficient (Wildman–Crippen LogP) is 2.35. The lowest BCUT2D eigenvalue weighted by Gasteiger charge is -2.18. The van der Waals surface area contributed by atoms with Crippen molar-refractivity contribution in [2.24, 2.45) is 5.92 Å². The Hall–Kier alpha value is -1.81. The van der Waals surface area contributed by atoms with Crippen molar-refractivity contribution in [2.75, 3.05) is 32.2 Å². The third kappa shape index (κ3) is 5.23. The number of nitrogens with one attached hydrogen (secondary N) is 1. The number of amides is 1. The van der Waals surface area contributed by atoms with Crippen LogP contribution in [-0.4, -0.2) is 33.2 Å². The molecule has 4 nitrogen and oxygen atoms in total. The summed E-state index contributed by atoms with van der Waals surface area (Å²) in [5.74, 6) is 0.446. The van der Waals surface area contributed by atoms with E-state index in [1.54, 1.807) is 6.08 Å². The Kier molecular flexibility index (Phi) is 5.81. The van der Waals surface area contributed by atoms with Crippen LogP contribution in [0.3, 0.4) is 0 Å². The zero-order chi connectivity index (χ0) is 15.1. The third-order valence-electron chi connectivity index (χ3n) is 3.71. The first-order chi connectivity index (χ1) is 10.1. The number of ether oxygens (including phenoxy) is 1. The molecular weight excluding hydrogens is 264 g/mol. The summed E-state index contributed by atoms with van der Waals surface area (Å²) in [6, 6.07) is 8.19. The monoisotopic (exact) mass is 288 g/mol. The summed E-state index contributed by atoms with van der Waals surface area (Å²) in [6.07, 6.45) is 5.68. The van der Waals surface area contributed by atoms with Gasteiger partial charge in [0.25, 0.3) is 0 Å². The molecule has 0 bridgehead atoms. The van der Waals surface area contributed by atoms with E-state index in [4.69, 9.17) is 4.74 Å². The maximum absolute atomic E-state index is 11.8. The molecule has 0 aliphatic carbocycles. The van der Waals surface area contributed by atoms with E-state index in [0.29, 0.717) is 12.5 Å². The highest BCUT2D eigenvalue weighted by Crippen LogP contribution is 2.15. The van der Waals surface area contributed by atoms with Crippen molar-refractivity contribution in [1.82, 2.24) is 5.32 Å². The molecule has 1 amide bonds. The van der Waals surface area contributed by atoms with Crippen LogP contribution in [0, 0.1) is 5.92 Å². The number of rotatable bonds is 5. The Balaban J connectivity index is 1.76. The van der Waals surface area contributed by atoms with Crippen LogP contribution in [0.1, 0.15) is 18.4 Å². The van der Waals surface area contributed by atoms with E-state index in [1.807, 2.05) is 32.3 Å². The molecule has 1 aromatic rings. The van der Waals surface area contributed by atoms with Crippen molar-refractivity contribution in [3.05, 3.63) is 42.0 Å². The van der Waals surface area contributed by atoms with E-state index in [9.17, 15) is 4.79 Å². The van der Waals surface area contributed by atoms with Gasteiger partial charge in [0.1, 0.15) is 0 Å². The number of allylic oxidation sites excluding steroid dienone is 1. The van der Waals surface area contributed by atoms with Crippen LogP contribution in [0.2, 0.25) is 0 Å². The quantitative estimate of drug-likeness (QED) is 0.846. The van der Waals surface area contributed by atoms with Gasteiger partial charge < -0.3 is 15.0 Å². The van der Waals surface area contributed by atoms with Gasteiger partial charge in [-0.25, -0.2) is 0 Å². The molecule has 0 atom stereocenters. The van der Waals surface area contributed by atoms with E-state index < -0.39 is 0 Å². The van der Waals surface area contributed by atoms with Gasteiger partial charge in [-0.15, -0.1) is 0 Å². The SMILES string of the molecule is CN(C)c1ccc(CNC(=O)C=CC2CCOCC2)cc1. The molecule has 1 saturated heterocycles. The smallest absolute Gasteiger partial charge is 0.243 e.